The van der Waals surface area contributed by atoms with E-state index in [0.29, 0.717) is 6.42 Å². The molecule has 0 heterocycles. The summed E-state index contributed by atoms with van der Waals surface area (Å²) < 4.78 is 10.5. The zero-order chi connectivity index (χ0) is 11.4. The van der Waals surface area contributed by atoms with Gasteiger partial charge in [-0.3, -0.25) is 0 Å². The SMILES string of the molecule is COc1cc(C[C@H](C)O)cc(OC)c1C. The van der Waals surface area contributed by atoms with Crippen LogP contribution in [-0.2, 0) is 6.42 Å². The molecule has 84 valence electrons. The molecular weight excluding hydrogens is 192 g/mol. The van der Waals surface area contributed by atoms with Crippen LogP contribution in [0.25, 0.3) is 0 Å². The van der Waals surface area contributed by atoms with Gasteiger partial charge < -0.3 is 14.6 Å². The Balaban J connectivity index is 3.09. The largest absolute Gasteiger partial charge is 0.496 e. The summed E-state index contributed by atoms with van der Waals surface area (Å²) >= 11 is 0. The van der Waals surface area contributed by atoms with E-state index in [1.54, 1.807) is 21.1 Å². The topological polar surface area (TPSA) is 38.7 Å². The zero-order valence-corrected chi connectivity index (χ0v) is 9.70. The van der Waals surface area contributed by atoms with Gasteiger partial charge in [0.05, 0.1) is 20.3 Å². The first-order valence-electron chi connectivity index (χ1n) is 4.98. The highest BCUT2D eigenvalue weighted by atomic mass is 16.5. The van der Waals surface area contributed by atoms with E-state index in [0.717, 1.165) is 22.6 Å². The van der Waals surface area contributed by atoms with Crippen molar-refractivity contribution in [1.29, 1.82) is 0 Å². The lowest BCUT2D eigenvalue weighted by molar-refractivity contribution is 0.195. The van der Waals surface area contributed by atoms with Crippen molar-refractivity contribution in [3.8, 4) is 11.5 Å². The number of hydrogen-bond donors (Lipinski definition) is 1. The second kappa shape index (κ2) is 5.03. The molecule has 3 nitrogen and oxygen atoms in total. The van der Waals surface area contributed by atoms with Crippen molar-refractivity contribution in [2.75, 3.05) is 14.2 Å². The Bertz CT molecular complexity index is 307. The summed E-state index contributed by atoms with van der Waals surface area (Å²) in [6.07, 6.45) is 0.245. The van der Waals surface area contributed by atoms with Gasteiger partial charge in [-0.2, -0.15) is 0 Å². The van der Waals surface area contributed by atoms with E-state index in [-0.39, 0.29) is 6.10 Å². The maximum atomic E-state index is 9.32. The van der Waals surface area contributed by atoms with E-state index < -0.39 is 0 Å². The van der Waals surface area contributed by atoms with Gasteiger partial charge in [0.1, 0.15) is 11.5 Å². The first kappa shape index (κ1) is 11.9. The third kappa shape index (κ3) is 2.86. The van der Waals surface area contributed by atoms with E-state index >= 15 is 0 Å². The van der Waals surface area contributed by atoms with Crippen molar-refractivity contribution < 1.29 is 14.6 Å². The van der Waals surface area contributed by atoms with E-state index in [1.807, 2.05) is 19.1 Å². The first-order valence-corrected chi connectivity index (χ1v) is 4.98. The van der Waals surface area contributed by atoms with Crippen molar-refractivity contribution in [2.45, 2.75) is 26.4 Å². The molecule has 0 unspecified atom stereocenters. The Kier molecular flexibility index (Phi) is 3.97. The molecule has 15 heavy (non-hydrogen) atoms. The van der Waals surface area contributed by atoms with Crippen molar-refractivity contribution in [3.05, 3.63) is 23.3 Å². The van der Waals surface area contributed by atoms with Crippen LogP contribution in [-0.4, -0.2) is 25.4 Å². The molecule has 1 aromatic rings. The molecule has 1 N–H and O–H groups in total. The number of aliphatic hydroxyl groups excluding tert-OH is 1. The lowest BCUT2D eigenvalue weighted by Crippen LogP contribution is -2.05. The Morgan fingerprint density at radius 2 is 1.67 bits per heavy atom. The minimum atomic E-state index is -0.359. The molecule has 0 spiro atoms. The summed E-state index contributed by atoms with van der Waals surface area (Å²) in [7, 11) is 3.27. The molecular formula is C12H18O3. The van der Waals surface area contributed by atoms with Crippen LogP contribution in [0.3, 0.4) is 0 Å². The van der Waals surface area contributed by atoms with Gasteiger partial charge in [0, 0.05) is 5.56 Å². The molecule has 0 amide bonds. The number of rotatable bonds is 4. The number of hydrogen-bond acceptors (Lipinski definition) is 3. The highest BCUT2D eigenvalue weighted by Gasteiger charge is 2.09. The third-order valence-corrected chi connectivity index (χ3v) is 2.34. The molecule has 1 atom stereocenters. The summed E-state index contributed by atoms with van der Waals surface area (Å²) in [5.74, 6) is 1.59. The van der Waals surface area contributed by atoms with Gasteiger partial charge in [0.25, 0.3) is 0 Å². The molecule has 0 fully saturated rings. The normalized spacial score (nSPS) is 12.3. The first-order chi connectivity index (χ1) is 7.08. The quantitative estimate of drug-likeness (QED) is 0.825. The molecule has 3 heteroatoms. The molecule has 0 aliphatic carbocycles. The summed E-state index contributed by atoms with van der Waals surface area (Å²) in [6.45, 7) is 3.71. The summed E-state index contributed by atoms with van der Waals surface area (Å²) in [4.78, 5) is 0. The predicted molar refractivity (Wildman–Crippen MR) is 59.7 cm³/mol. The van der Waals surface area contributed by atoms with Gasteiger partial charge in [0.15, 0.2) is 0 Å². The van der Waals surface area contributed by atoms with Gasteiger partial charge in [0.2, 0.25) is 0 Å². The average Bonchev–Trinajstić information content (AvgIpc) is 2.19. The molecule has 0 radical (unpaired) electrons. The number of methoxy groups -OCH3 is 2. The van der Waals surface area contributed by atoms with Crippen LogP contribution in [0.4, 0.5) is 0 Å². The van der Waals surface area contributed by atoms with Crippen LogP contribution < -0.4 is 9.47 Å². The molecule has 0 aliphatic heterocycles. The summed E-state index contributed by atoms with van der Waals surface area (Å²) in [5, 5.41) is 9.32. The molecule has 1 aromatic carbocycles. The lowest BCUT2D eigenvalue weighted by Gasteiger charge is -2.13. The highest BCUT2D eigenvalue weighted by Crippen LogP contribution is 2.29. The van der Waals surface area contributed by atoms with Gasteiger partial charge in [-0.05, 0) is 38.0 Å². The van der Waals surface area contributed by atoms with E-state index in [2.05, 4.69) is 0 Å². The number of benzene rings is 1. The van der Waals surface area contributed by atoms with Crippen LogP contribution in [0, 0.1) is 6.92 Å². The zero-order valence-electron chi connectivity index (χ0n) is 9.70. The summed E-state index contributed by atoms with van der Waals surface area (Å²) in [6, 6.07) is 3.87. The van der Waals surface area contributed by atoms with E-state index in [9.17, 15) is 5.11 Å². The number of aliphatic hydroxyl groups is 1. The summed E-state index contributed by atoms with van der Waals surface area (Å²) in [5.41, 5.74) is 2.00. The lowest BCUT2D eigenvalue weighted by atomic mass is 10.0. The highest BCUT2D eigenvalue weighted by molar-refractivity contribution is 5.47. The van der Waals surface area contributed by atoms with Crippen LogP contribution >= 0.6 is 0 Å². The smallest absolute Gasteiger partial charge is 0.125 e. The Labute approximate surface area is 90.6 Å². The van der Waals surface area contributed by atoms with Crippen LogP contribution in [0.1, 0.15) is 18.1 Å². The van der Waals surface area contributed by atoms with Gasteiger partial charge >= 0.3 is 0 Å². The molecule has 0 saturated carbocycles. The van der Waals surface area contributed by atoms with Crippen molar-refractivity contribution in [1.82, 2.24) is 0 Å². The van der Waals surface area contributed by atoms with Crippen LogP contribution in [0.2, 0.25) is 0 Å². The fraction of sp³-hybridized carbons (Fsp3) is 0.500. The van der Waals surface area contributed by atoms with Crippen molar-refractivity contribution >= 4 is 0 Å². The Hall–Kier alpha value is -1.22. The third-order valence-electron chi connectivity index (χ3n) is 2.34. The fourth-order valence-electron chi connectivity index (χ4n) is 1.60. The second-order valence-electron chi connectivity index (χ2n) is 3.68. The van der Waals surface area contributed by atoms with Gasteiger partial charge in [-0.1, -0.05) is 0 Å². The van der Waals surface area contributed by atoms with Gasteiger partial charge in [-0.25, -0.2) is 0 Å². The fourth-order valence-corrected chi connectivity index (χ4v) is 1.60. The monoisotopic (exact) mass is 210 g/mol. The standard InChI is InChI=1S/C12H18O3/c1-8(13)5-10-6-11(14-3)9(2)12(7-10)15-4/h6-8,13H,5H2,1-4H3/t8-/m0/s1. The van der Waals surface area contributed by atoms with Crippen molar-refractivity contribution in [2.24, 2.45) is 0 Å². The predicted octanol–water partition coefficient (Wildman–Crippen LogP) is 1.94. The molecule has 0 aliphatic rings. The molecule has 1 rings (SSSR count). The van der Waals surface area contributed by atoms with E-state index in [1.165, 1.54) is 0 Å². The maximum Gasteiger partial charge on any atom is 0.125 e. The molecule has 0 saturated heterocycles. The van der Waals surface area contributed by atoms with Crippen LogP contribution in [0.15, 0.2) is 12.1 Å². The van der Waals surface area contributed by atoms with E-state index in [4.69, 9.17) is 9.47 Å². The molecule has 0 aromatic heterocycles. The molecule has 0 bridgehead atoms. The minimum absolute atomic E-state index is 0.359. The van der Waals surface area contributed by atoms with Crippen molar-refractivity contribution in [3.63, 3.8) is 0 Å². The Morgan fingerprint density at radius 1 is 1.20 bits per heavy atom. The van der Waals surface area contributed by atoms with Gasteiger partial charge in [-0.15, -0.1) is 0 Å². The number of ether oxygens (including phenoxy) is 2. The average molecular weight is 210 g/mol. The van der Waals surface area contributed by atoms with Crippen LogP contribution in [0.5, 0.6) is 11.5 Å². The Morgan fingerprint density at radius 3 is 2.00 bits per heavy atom. The maximum absolute atomic E-state index is 9.32. The minimum Gasteiger partial charge on any atom is -0.496 e. The second-order valence-corrected chi connectivity index (χ2v) is 3.68.